The van der Waals surface area contributed by atoms with Crippen molar-refractivity contribution in [2.45, 2.75) is 39.2 Å². The van der Waals surface area contributed by atoms with Crippen molar-refractivity contribution in [2.24, 2.45) is 0 Å². The van der Waals surface area contributed by atoms with E-state index in [1.165, 1.54) is 11.3 Å². The Morgan fingerprint density at radius 2 is 1.82 bits per heavy atom. The maximum atomic E-state index is 9.00. The molecule has 0 saturated heterocycles. The Bertz CT molecular complexity index is 809. The molecule has 0 amide bonds. The zero-order valence-electron chi connectivity index (χ0n) is 17.3. The third-order valence-electron chi connectivity index (χ3n) is 4.83. The molecular weight excluding hydrogens is 352 g/mol. The molecule has 1 aliphatic rings. The average Bonchev–Trinajstić information content (AvgIpc) is 2.84. The van der Waals surface area contributed by atoms with Gasteiger partial charge in [0.05, 0.1) is 12.6 Å². The number of nitrogens with one attached hydrogen (secondary N) is 1. The molecule has 0 bridgehead atoms. The highest BCUT2D eigenvalue weighted by atomic mass is 16.5. The lowest BCUT2D eigenvalue weighted by Gasteiger charge is -2.29. The summed E-state index contributed by atoms with van der Waals surface area (Å²) in [5.74, 6) is 0.0686. The lowest BCUT2D eigenvalue weighted by Crippen LogP contribution is -2.37. The summed E-state index contributed by atoms with van der Waals surface area (Å²) in [6.07, 6.45) is 4.29. The average molecular weight is 383 g/mol. The van der Waals surface area contributed by atoms with Gasteiger partial charge in [0.2, 0.25) is 0 Å². The molecule has 0 spiro atoms. The molecule has 2 N–H and O–H groups in total. The first-order chi connectivity index (χ1) is 13.3. The van der Waals surface area contributed by atoms with Crippen molar-refractivity contribution >= 4 is 17.3 Å². The molecule has 0 aromatic heterocycles. The van der Waals surface area contributed by atoms with Gasteiger partial charge in [-0.05, 0) is 55.1 Å². The number of benzene rings is 2. The smallest absolute Gasteiger partial charge is 0.300 e. The third kappa shape index (κ3) is 5.06. The first-order valence-electron chi connectivity index (χ1n) is 9.45. The van der Waals surface area contributed by atoms with Gasteiger partial charge in [0, 0.05) is 30.8 Å². The highest BCUT2D eigenvalue weighted by Gasteiger charge is 2.41. The lowest BCUT2D eigenvalue weighted by molar-refractivity contribution is -0.134. The van der Waals surface area contributed by atoms with Crippen molar-refractivity contribution in [3.05, 3.63) is 66.4 Å². The van der Waals surface area contributed by atoms with E-state index in [0.717, 1.165) is 18.4 Å². The first-order valence-corrected chi connectivity index (χ1v) is 9.45. The topological polar surface area (TPSA) is 61.8 Å². The number of ether oxygens (including phenoxy) is 1. The number of fused-ring (bicyclic) bond motifs is 1. The van der Waals surface area contributed by atoms with E-state index >= 15 is 0 Å². The number of hydrogen-bond acceptors (Lipinski definition) is 4. The van der Waals surface area contributed by atoms with Crippen LogP contribution in [-0.4, -0.2) is 30.8 Å². The lowest BCUT2D eigenvalue weighted by atomic mass is 9.80. The number of aliphatic carboxylic acids is 1. The molecule has 28 heavy (non-hydrogen) atoms. The van der Waals surface area contributed by atoms with Crippen molar-refractivity contribution in [3.8, 4) is 5.75 Å². The SMILES string of the molecule is CC(=O)O.CCOc1ccc(NC=CC2N(C)c3ccccc3C2(C)C)cc1. The molecular formula is C23H30N2O3. The summed E-state index contributed by atoms with van der Waals surface area (Å²) in [6.45, 7) is 8.38. The van der Waals surface area contributed by atoms with Gasteiger partial charge >= 0.3 is 0 Å². The van der Waals surface area contributed by atoms with Gasteiger partial charge in [0.1, 0.15) is 5.75 Å². The van der Waals surface area contributed by atoms with E-state index < -0.39 is 5.97 Å². The number of carboxylic acid groups (broad SMARTS) is 1. The van der Waals surface area contributed by atoms with Crippen LogP contribution in [0.25, 0.3) is 0 Å². The fraction of sp³-hybridized carbons (Fsp3) is 0.348. The van der Waals surface area contributed by atoms with E-state index in [4.69, 9.17) is 14.6 Å². The van der Waals surface area contributed by atoms with E-state index in [2.05, 4.69) is 61.5 Å². The molecule has 0 saturated carbocycles. The van der Waals surface area contributed by atoms with Crippen LogP contribution in [0.2, 0.25) is 0 Å². The van der Waals surface area contributed by atoms with Gasteiger partial charge in [0.25, 0.3) is 5.97 Å². The van der Waals surface area contributed by atoms with Gasteiger partial charge in [0.15, 0.2) is 0 Å². The Balaban J connectivity index is 0.000000640. The number of likely N-dealkylation sites (N-methyl/N-ethyl adjacent to an activating group) is 1. The number of nitrogens with zero attached hydrogens (tertiary/aromatic N) is 1. The van der Waals surface area contributed by atoms with Crippen LogP contribution in [0.5, 0.6) is 5.75 Å². The van der Waals surface area contributed by atoms with Crippen LogP contribution in [-0.2, 0) is 10.2 Å². The van der Waals surface area contributed by atoms with Crippen molar-refractivity contribution in [1.82, 2.24) is 0 Å². The molecule has 1 unspecified atom stereocenters. The number of hydrogen-bond donors (Lipinski definition) is 2. The molecule has 5 nitrogen and oxygen atoms in total. The van der Waals surface area contributed by atoms with Gasteiger partial charge in [-0.1, -0.05) is 32.0 Å². The normalized spacial score (nSPS) is 16.9. The molecule has 150 valence electrons. The van der Waals surface area contributed by atoms with E-state index in [0.29, 0.717) is 12.6 Å². The molecule has 0 radical (unpaired) electrons. The van der Waals surface area contributed by atoms with Crippen molar-refractivity contribution < 1.29 is 14.6 Å². The fourth-order valence-corrected chi connectivity index (χ4v) is 3.54. The highest BCUT2D eigenvalue weighted by molar-refractivity contribution is 5.65. The molecule has 1 atom stereocenters. The monoisotopic (exact) mass is 382 g/mol. The summed E-state index contributed by atoms with van der Waals surface area (Å²) in [5, 5.41) is 10.8. The van der Waals surface area contributed by atoms with Crippen LogP contribution >= 0.6 is 0 Å². The molecule has 3 rings (SSSR count). The number of rotatable bonds is 5. The zero-order valence-corrected chi connectivity index (χ0v) is 17.3. The molecule has 2 aromatic rings. The Morgan fingerprint density at radius 3 is 2.39 bits per heavy atom. The second-order valence-electron chi connectivity index (χ2n) is 7.27. The van der Waals surface area contributed by atoms with Crippen LogP contribution < -0.4 is 15.0 Å². The molecule has 0 fully saturated rings. The summed E-state index contributed by atoms with van der Waals surface area (Å²) < 4.78 is 5.47. The van der Waals surface area contributed by atoms with E-state index in [9.17, 15) is 0 Å². The summed E-state index contributed by atoms with van der Waals surface area (Å²) in [6, 6.07) is 17.0. The predicted octanol–water partition coefficient (Wildman–Crippen LogP) is 4.90. The van der Waals surface area contributed by atoms with Gasteiger partial charge in [-0.25, -0.2) is 0 Å². The number of anilines is 2. The van der Waals surface area contributed by atoms with Crippen LogP contribution in [0.3, 0.4) is 0 Å². The second kappa shape index (κ2) is 9.31. The van der Waals surface area contributed by atoms with Crippen LogP contribution in [0, 0.1) is 0 Å². The van der Waals surface area contributed by atoms with Crippen LogP contribution in [0.4, 0.5) is 11.4 Å². The summed E-state index contributed by atoms with van der Waals surface area (Å²) in [7, 11) is 2.17. The van der Waals surface area contributed by atoms with Gasteiger partial charge < -0.3 is 20.1 Å². The fourth-order valence-electron chi connectivity index (χ4n) is 3.54. The van der Waals surface area contributed by atoms with Crippen molar-refractivity contribution in [3.63, 3.8) is 0 Å². The zero-order chi connectivity index (χ0) is 20.7. The minimum absolute atomic E-state index is 0.0857. The summed E-state index contributed by atoms with van der Waals surface area (Å²) in [5.41, 5.74) is 3.87. The van der Waals surface area contributed by atoms with Crippen molar-refractivity contribution in [2.75, 3.05) is 23.9 Å². The largest absolute Gasteiger partial charge is 0.494 e. The molecule has 1 heterocycles. The molecule has 5 heteroatoms. The summed E-state index contributed by atoms with van der Waals surface area (Å²) in [4.78, 5) is 11.4. The number of para-hydroxylation sites is 1. The first kappa shape index (κ1) is 21.4. The Morgan fingerprint density at radius 1 is 1.21 bits per heavy atom. The van der Waals surface area contributed by atoms with E-state index in [1.807, 2.05) is 37.4 Å². The maximum Gasteiger partial charge on any atom is 0.300 e. The Labute approximate surface area is 167 Å². The van der Waals surface area contributed by atoms with Gasteiger partial charge in [-0.15, -0.1) is 0 Å². The van der Waals surface area contributed by atoms with Gasteiger partial charge in [-0.2, -0.15) is 0 Å². The van der Waals surface area contributed by atoms with Crippen molar-refractivity contribution in [1.29, 1.82) is 0 Å². The standard InChI is InChI=1S/C21H26N2O.C2H4O2/c1-5-24-17-12-10-16(11-13-17)22-15-14-20-21(2,3)18-8-6-7-9-19(18)23(20)4;1-2(3)4/h6-15,20,22H,5H2,1-4H3;1H3,(H,3,4). The van der Waals surface area contributed by atoms with Crippen LogP contribution in [0.15, 0.2) is 60.8 Å². The number of carbonyl (C=O) groups is 1. The Hall–Kier alpha value is -2.95. The van der Waals surface area contributed by atoms with Gasteiger partial charge in [-0.3, -0.25) is 4.79 Å². The summed E-state index contributed by atoms with van der Waals surface area (Å²) >= 11 is 0. The Kier molecular flexibility index (Phi) is 7.10. The van der Waals surface area contributed by atoms with E-state index in [1.54, 1.807) is 0 Å². The molecule has 2 aromatic carbocycles. The second-order valence-corrected chi connectivity index (χ2v) is 7.27. The predicted molar refractivity (Wildman–Crippen MR) is 115 cm³/mol. The van der Waals surface area contributed by atoms with E-state index in [-0.39, 0.29) is 5.41 Å². The third-order valence-corrected chi connectivity index (χ3v) is 4.83. The number of carboxylic acids is 1. The molecule has 0 aliphatic carbocycles. The molecule has 1 aliphatic heterocycles. The quantitative estimate of drug-likeness (QED) is 0.770. The van der Waals surface area contributed by atoms with Crippen LogP contribution in [0.1, 0.15) is 33.3 Å². The highest BCUT2D eigenvalue weighted by Crippen LogP contribution is 2.44. The maximum absolute atomic E-state index is 9.00. The minimum Gasteiger partial charge on any atom is -0.494 e. The minimum atomic E-state index is -0.833.